The van der Waals surface area contributed by atoms with Gasteiger partial charge in [-0.1, -0.05) is 6.92 Å². The fourth-order valence-electron chi connectivity index (χ4n) is 0.609. The highest BCUT2D eigenvalue weighted by molar-refractivity contribution is 8.04. The van der Waals surface area contributed by atoms with Crippen LogP contribution in [0.3, 0.4) is 0 Å². The van der Waals surface area contributed by atoms with E-state index >= 15 is 0 Å². The van der Waals surface area contributed by atoms with Crippen molar-refractivity contribution in [2.24, 2.45) is 0 Å². The van der Waals surface area contributed by atoms with Crippen LogP contribution >= 0.6 is 35.3 Å². The van der Waals surface area contributed by atoms with Crippen molar-refractivity contribution in [3.63, 3.8) is 0 Å². The van der Waals surface area contributed by atoms with Crippen LogP contribution in [-0.4, -0.2) is 35.0 Å². The third-order valence-corrected chi connectivity index (χ3v) is 4.46. The van der Waals surface area contributed by atoms with E-state index in [2.05, 4.69) is 36.7 Å². The molecule has 0 N–H and O–H groups in total. The van der Waals surface area contributed by atoms with Gasteiger partial charge in [0.25, 0.3) is 0 Å². The van der Waals surface area contributed by atoms with Gasteiger partial charge in [0.05, 0.1) is 0 Å². The maximum atomic E-state index is 2.24. The highest BCUT2D eigenvalue weighted by Crippen LogP contribution is 2.09. The molecule has 0 rings (SSSR count). The fourth-order valence-corrected chi connectivity index (χ4v) is 3.39. The second-order valence-electron chi connectivity index (χ2n) is 2.22. The van der Waals surface area contributed by atoms with Crippen molar-refractivity contribution in [2.75, 3.05) is 35.0 Å². The molecule has 0 aliphatic heterocycles. The van der Waals surface area contributed by atoms with Crippen LogP contribution in [0.15, 0.2) is 0 Å². The third-order valence-electron chi connectivity index (χ3n) is 1.15. The van der Waals surface area contributed by atoms with Gasteiger partial charge in [0.15, 0.2) is 0 Å². The molecular weight excluding hydrogens is 192 g/mol. The summed E-state index contributed by atoms with van der Waals surface area (Å²) in [6, 6.07) is 0. The molecule has 0 bridgehead atoms. The van der Waals surface area contributed by atoms with Gasteiger partial charge in [-0.25, -0.2) is 0 Å². The first-order valence-electron chi connectivity index (χ1n) is 4.06. The molecule has 0 atom stereocenters. The monoisotopic (exact) mass is 210 g/mol. The van der Waals surface area contributed by atoms with Crippen LogP contribution < -0.4 is 0 Å². The average molecular weight is 210 g/mol. The van der Waals surface area contributed by atoms with E-state index in [0.717, 1.165) is 0 Å². The summed E-state index contributed by atoms with van der Waals surface area (Å²) >= 11 is 6.11. The molecule has 3 heteroatoms. The lowest BCUT2D eigenvalue weighted by Crippen LogP contribution is -1.89. The van der Waals surface area contributed by atoms with E-state index in [-0.39, 0.29) is 0 Å². The van der Waals surface area contributed by atoms with Crippen LogP contribution in [0.2, 0.25) is 0 Å². The van der Waals surface area contributed by atoms with Crippen molar-refractivity contribution >= 4 is 35.3 Å². The second kappa shape index (κ2) is 11.1. The molecule has 0 aliphatic rings. The van der Waals surface area contributed by atoms with Gasteiger partial charge in [0.2, 0.25) is 0 Å². The standard InChI is InChI=1S/C8H18S3/c1-3-4-10-7-8-11-6-5-9-2/h3-8H2,1-2H3. The molecule has 11 heavy (non-hydrogen) atoms. The molecule has 0 spiro atoms. The Morgan fingerprint density at radius 2 is 1.36 bits per heavy atom. The summed E-state index contributed by atoms with van der Waals surface area (Å²) < 4.78 is 0. The van der Waals surface area contributed by atoms with Gasteiger partial charge in [0.1, 0.15) is 0 Å². The van der Waals surface area contributed by atoms with Gasteiger partial charge in [-0.15, -0.1) is 0 Å². The summed E-state index contributed by atoms with van der Waals surface area (Å²) in [6.45, 7) is 2.24. The van der Waals surface area contributed by atoms with Crippen LogP contribution in [0.4, 0.5) is 0 Å². The lowest BCUT2D eigenvalue weighted by atomic mass is 10.6. The average Bonchev–Trinajstić information content (AvgIpc) is 2.03. The number of thioether (sulfide) groups is 3. The van der Waals surface area contributed by atoms with Crippen LogP contribution in [0.1, 0.15) is 13.3 Å². The first-order valence-corrected chi connectivity index (χ1v) is 7.76. The van der Waals surface area contributed by atoms with Gasteiger partial charge >= 0.3 is 0 Å². The van der Waals surface area contributed by atoms with Crippen molar-refractivity contribution in [1.29, 1.82) is 0 Å². The lowest BCUT2D eigenvalue weighted by Gasteiger charge is -1.99. The van der Waals surface area contributed by atoms with E-state index in [1.54, 1.807) is 0 Å². The quantitative estimate of drug-likeness (QED) is 0.565. The van der Waals surface area contributed by atoms with Gasteiger partial charge in [-0.05, 0) is 18.4 Å². The van der Waals surface area contributed by atoms with Crippen molar-refractivity contribution in [1.82, 2.24) is 0 Å². The van der Waals surface area contributed by atoms with Crippen LogP contribution in [0.5, 0.6) is 0 Å². The Kier molecular flexibility index (Phi) is 12.1. The van der Waals surface area contributed by atoms with Gasteiger partial charge in [0, 0.05) is 23.0 Å². The zero-order chi connectivity index (χ0) is 8.36. The normalized spacial score (nSPS) is 10.4. The number of rotatable bonds is 8. The maximum Gasteiger partial charge on any atom is 0.00238 e. The van der Waals surface area contributed by atoms with Crippen molar-refractivity contribution in [2.45, 2.75) is 13.3 Å². The zero-order valence-corrected chi connectivity index (χ0v) is 9.92. The van der Waals surface area contributed by atoms with E-state index in [0.29, 0.717) is 0 Å². The SMILES string of the molecule is CCCSCCSCCSC. The molecule has 0 amide bonds. The zero-order valence-electron chi connectivity index (χ0n) is 7.47. The third kappa shape index (κ3) is 11.0. The predicted molar refractivity (Wildman–Crippen MR) is 63.3 cm³/mol. The first kappa shape index (κ1) is 12.0. The molecule has 0 unspecified atom stereocenters. The molecule has 68 valence electrons. The summed E-state index contributed by atoms with van der Waals surface area (Å²) in [6.07, 6.45) is 3.49. The van der Waals surface area contributed by atoms with Crippen LogP contribution in [-0.2, 0) is 0 Å². The van der Waals surface area contributed by atoms with E-state index in [9.17, 15) is 0 Å². The molecular formula is C8H18S3. The molecule has 0 fully saturated rings. The number of hydrogen-bond donors (Lipinski definition) is 0. The highest BCUT2D eigenvalue weighted by Gasteiger charge is 1.89. The van der Waals surface area contributed by atoms with E-state index < -0.39 is 0 Å². The van der Waals surface area contributed by atoms with Crippen molar-refractivity contribution in [3.05, 3.63) is 0 Å². The molecule has 0 nitrogen and oxygen atoms in total. The second-order valence-corrected chi connectivity index (χ2v) is 5.65. The molecule has 0 saturated heterocycles. The molecule has 0 heterocycles. The van der Waals surface area contributed by atoms with Gasteiger partial charge < -0.3 is 0 Å². The Morgan fingerprint density at radius 1 is 0.818 bits per heavy atom. The minimum atomic E-state index is 1.31. The lowest BCUT2D eigenvalue weighted by molar-refractivity contribution is 1.11. The Hall–Kier alpha value is 1.05. The summed E-state index contributed by atoms with van der Waals surface area (Å²) in [4.78, 5) is 0. The molecule has 0 aliphatic carbocycles. The summed E-state index contributed by atoms with van der Waals surface area (Å²) in [5.74, 6) is 6.65. The molecule has 0 radical (unpaired) electrons. The maximum absolute atomic E-state index is 2.24. The Morgan fingerprint density at radius 3 is 1.91 bits per heavy atom. The van der Waals surface area contributed by atoms with Gasteiger partial charge in [-0.2, -0.15) is 35.3 Å². The summed E-state index contributed by atoms with van der Waals surface area (Å²) in [7, 11) is 0. The minimum absolute atomic E-state index is 1.31. The molecule has 0 aromatic carbocycles. The Labute approximate surface area is 83.7 Å². The Balaban J connectivity index is 2.69. The Bertz CT molecular complexity index is 58.4. The van der Waals surface area contributed by atoms with Crippen molar-refractivity contribution in [3.8, 4) is 0 Å². The van der Waals surface area contributed by atoms with E-state index in [1.165, 1.54) is 35.2 Å². The largest absolute Gasteiger partial charge is 0.165 e. The number of hydrogen-bond acceptors (Lipinski definition) is 3. The predicted octanol–water partition coefficient (Wildman–Crippen LogP) is 3.23. The minimum Gasteiger partial charge on any atom is -0.165 e. The molecule has 0 saturated carbocycles. The van der Waals surface area contributed by atoms with Crippen LogP contribution in [0.25, 0.3) is 0 Å². The fraction of sp³-hybridized carbons (Fsp3) is 1.00. The first-order chi connectivity index (χ1) is 5.41. The smallest absolute Gasteiger partial charge is 0.00238 e. The molecule has 0 aromatic rings. The van der Waals surface area contributed by atoms with E-state index in [4.69, 9.17) is 0 Å². The summed E-state index contributed by atoms with van der Waals surface area (Å²) in [5.41, 5.74) is 0. The topological polar surface area (TPSA) is 0 Å². The molecule has 0 aromatic heterocycles. The highest BCUT2D eigenvalue weighted by atomic mass is 32.2. The van der Waals surface area contributed by atoms with Crippen LogP contribution in [0, 0.1) is 0 Å². The van der Waals surface area contributed by atoms with Crippen molar-refractivity contribution < 1.29 is 0 Å². The summed E-state index contributed by atoms with van der Waals surface area (Å²) in [5, 5.41) is 0. The van der Waals surface area contributed by atoms with E-state index in [1.807, 2.05) is 11.8 Å². The van der Waals surface area contributed by atoms with Gasteiger partial charge in [-0.3, -0.25) is 0 Å².